The van der Waals surface area contributed by atoms with E-state index >= 15 is 0 Å². The highest BCUT2D eigenvalue weighted by Gasteiger charge is 2.01. The van der Waals surface area contributed by atoms with Crippen LogP contribution in [-0.2, 0) is 13.0 Å². The maximum absolute atomic E-state index is 5.79. The monoisotopic (exact) mass is 401 g/mol. The first-order valence-corrected chi connectivity index (χ1v) is 6.61. The minimum atomic E-state index is 0. The van der Waals surface area contributed by atoms with Crippen molar-refractivity contribution in [1.29, 1.82) is 0 Å². The first kappa shape index (κ1) is 17.4. The van der Waals surface area contributed by atoms with Gasteiger partial charge in [-0.1, -0.05) is 35.5 Å². The van der Waals surface area contributed by atoms with Gasteiger partial charge >= 0.3 is 0 Å². The van der Waals surface area contributed by atoms with Gasteiger partial charge in [0.15, 0.2) is 11.8 Å². The van der Waals surface area contributed by atoms with Gasteiger partial charge in [0.25, 0.3) is 0 Å². The zero-order chi connectivity index (χ0) is 14.2. The molecule has 0 atom stereocenters. The van der Waals surface area contributed by atoms with Crippen LogP contribution in [0.15, 0.2) is 39.8 Å². The van der Waals surface area contributed by atoms with E-state index in [0.717, 1.165) is 24.9 Å². The molecule has 0 fully saturated rings. The van der Waals surface area contributed by atoms with Crippen molar-refractivity contribution in [1.82, 2.24) is 15.5 Å². The number of hydrogen-bond donors (Lipinski definition) is 2. The topological polar surface area (TPSA) is 89.3 Å². The number of aliphatic imine (C=N–C) groups is 1. The number of nitrogens with zero attached hydrogens (tertiary/aromatic N) is 3. The van der Waals surface area contributed by atoms with Crippen molar-refractivity contribution in [3.8, 4) is 0 Å². The fourth-order valence-electron chi connectivity index (χ4n) is 1.71. The highest BCUT2D eigenvalue weighted by molar-refractivity contribution is 14.0. The summed E-state index contributed by atoms with van der Waals surface area (Å²) in [6.45, 7) is 3.12. The number of hydrogen-bond acceptors (Lipinski definition) is 4. The molecule has 0 unspecified atom stereocenters. The first-order valence-electron chi connectivity index (χ1n) is 6.61. The largest absolute Gasteiger partial charge is 0.370 e. The Labute approximate surface area is 141 Å². The third-order valence-corrected chi connectivity index (χ3v) is 2.72. The van der Waals surface area contributed by atoms with E-state index in [1.165, 1.54) is 0 Å². The SMILES string of the molecule is Cc1noc(CCCNC(N)=NCc2ccccc2)n1.I. The smallest absolute Gasteiger partial charge is 0.226 e. The Morgan fingerprint density at radius 2 is 2.10 bits per heavy atom. The maximum Gasteiger partial charge on any atom is 0.226 e. The van der Waals surface area contributed by atoms with Crippen LogP contribution < -0.4 is 11.1 Å². The Morgan fingerprint density at radius 3 is 2.76 bits per heavy atom. The van der Waals surface area contributed by atoms with Crippen LogP contribution >= 0.6 is 24.0 Å². The number of rotatable bonds is 6. The van der Waals surface area contributed by atoms with Crippen LogP contribution in [0, 0.1) is 6.92 Å². The first-order chi connectivity index (χ1) is 9.74. The van der Waals surface area contributed by atoms with Gasteiger partial charge in [-0.25, -0.2) is 4.99 Å². The van der Waals surface area contributed by atoms with Crippen LogP contribution in [0.5, 0.6) is 0 Å². The molecule has 0 amide bonds. The molecule has 2 aromatic rings. The Bertz CT molecular complexity index is 556. The van der Waals surface area contributed by atoms with E-state index in [4.69, 9.17) is 10.3 Å². The van der Waals surface area contributed by atoms with Crippen LogP contribution in [0.25, 0.3) is 0 Å². The lowest BCUT2D eigenvalue weighted by atomic mass is 10.2. The second-order valence-corrected chi connectivity index (χ2v) is 4.45. The lowest BCUT2D eigenvalue weighted by molar-refractivity contribution is 0.372. The summed E-state index contributed by atoms with van der Waals surface area (Å²) in [6, 6.07) is 10.00. The predicted octanol–water partition coefficient (Wildman–Crippen LogP) is 2.03. The van der Waals surface area contributed by atoms with E-state index in [-0.39, 0.29) is 24.0 Å². The molecule has 1 aromatic carbocycles. The molecule has 0 aliphatic heterocycles. The lowest BCUT2D eigenvalue weighted by Crippen LogP contribution is -2.32. The van der Waals surface area contributed by atoms with Crippen LogP contribution in [0.2, 0.25) is 0 Å². The highest BCUT2D eigenvalue weighted by Crippen LogP contribution is 2.00. The second-order valence-electron chi connectivity index (χ2n) is 4.45. The molecular formula is C14H20IN5O. The van der Waals surface area contributed by atoms with Gasteiger partial charge in [-0.05, 0) is 18.9 Å². The minimum Gasteiger partial charge on any atom is -0.370 e. The molecule has 21 heavy (non-hydrogen) atoms. The van der Waals surface area contributed by atoms with Crippen molar-refractivity contribution in [2.24, 2.45) is 10.7 Å². The van der Waals surface area contributed by atoms with Crippen molar-refractivity contribution in [3.63, 3.8) is 0 Å². The summed E-state index contributed by atoms with van der Waals surface area (Å²) in [6.07, 6.45) is 1.60. The third-order valence-electron chi connectivity index (χ3n) is 2.72. The molecule has 6 nitrogen and oxygen atoms in total. The number of aryl methyl sites for hydroxylation is 2. The van der Waals surface area contributed by atoms with Crippen LogP contribution in [-0.4, -0.2) is 22.6 Å². The van der Waals surface area contributed by atoms with Gasteiger partial charge in [-0.3, -0.25) is 0 Å². The summed E-state index contributed by atoms with van der Waals surface area (Å²) < 4.78 is 5.03. The summed E-state index contributed by atoms with van der Waals surface area (Å²) in [5.74, 6) is 1.77. The lowest BCUT2D eigenvalue weighted by Gasteiger charge is -2.04. The molecule has 0 bridgehead atoms. The Hall–Kier alpha value is -1.64. The Balaban J connectivity index is 0.00000220. The summed E-state index contributed by atoms with van der Waals surface area (Å²) in [7, 11) is 0. The molecule has 114 valence electrons. The minimum absolute atomic E-state index is 0. The normalized spacial score (nSPS) is 11.0. The van der Waals surface area contributed by atoms with Crippen LogP contribution in [0.1, 0.15) is 23.7 Å². The van der Waals surface area contributed by atoms with E-state index in [1.54, 1.807) is 6.92 Å². The molecule has 0 saturated heterocycles. The van der Waals surface area contributed by atoms with Crippen LogP contribution in [0.3, 0.4) is 0 Å². The van der Waals surface area contributed by atoms with Gasteiger partial charge in [0, 0.05) is 13.0 Å². The van der Waals surface area contributed by atoms with Crippen molar-refractivity contribution in [2.45, 2.75) is 26.3 Å². The van der Waals surface area contributed by atoms with Gasteiger partial charge in [0.2, 0.25) is 5.89 Å². The van der Waals surface area contributed by atoms with E-state index in [0.29, 0.717) is 24.2 Å². The predicted molar refractivity (Wildman–Crippen MR) is 92.5 cm³/mol. The molecule has 0 aliphatic rings. The molecule has 0 spiro atoms. The molecule has 1 heterocycles. The van der Waals surface area contributed by atoms with E-state index in [1.807, 2.05) is 30.3 Å². The average molecular weight is 401 g/mol. The Kier molecular flexibility index (Phi) is 7.73. The van der Waals surface area contributed by atoms with Gasteiger partial charge in [-0.2, -0.15) is 4.98 Å². The average Bonchev–Trinajstić information content (AvgIpc) is 2.88. The highest BCUT2D eigenvalue weighted by atomic mass is 127. The molecule has 0 radical (unpaired) electrons. The summed E-state index contributed by atoms with van der Waals surface area (Å²) in [5.41, 5.74) is 6.93. The number of halogens is 1. The Morgan fingerprint density at radius 1 is 1.33 bits per heavy atom. The second kappa shape index (κ2) is 9.32. The number of benzene rings is 1. The van der Waals surface area contributed by atoms with Crippen molar-refractivity contribution in [2.75, 3.05) is 6.54 Å². The molecule has 2 rings (SSSR count). The molecule has 3 N–H and O–H groups in total. The van der Waals surface area contributed by atoms with Gasteiger partial charge in [0.05, 0.1) is 6.54 Å². The number of nitrogens with one attached hydrogen (secondary N) is 1. The van der Waals surface area contributed by atoms with Gasteiger partial charge in [0.1, 0.15) is 0 Å². The molecule has 0 saturated carbocycles. The molecule has 7 heteroatoms. The number of guanidine groups is 1. The van der Waals surface area contributed by atoms with Crippen molar-refractivity contribution >= 4 is 29.9 Å². The maximum atomic E-state index is 5.79. The van der Waals surface area contributed by atoms with Crippen LogP contribution in [0.4, 0.5) is 0 Å². The fraction of sp³-hybridized carbons (Fsp3) is 0.357. The van der Waals surface area contributed by atoms with Crippen molar-refractivity contribution < 1.29 is 4.52 Å². The summed E-state index contributed by atoms with van der Waals surface area (Å²) in [4.78, 5) is 8.41. The van der Waals surface area contributed by atoms with E-state index in [9.17, 15) is 0 Å². The third kappa shape index (κ3) is 6.56. The quantitative estimate of drug-likeness (QED) is 0.335. The van der Waals surface area contributed by atoms with Crippen molar-refractivity contribution in [3.05, 3.63) is 47.6 Å². The van der Waals surface area contributed by atoms with E-state index in [2.05, 4.69) is 20.4 Å². The fourth-order valence-corrected chi connectivity index (χ4v) is 1.71. The number of nitrogens with two attached hydrogens (primary N) is 1. The summed E-state index contributed by atoms with van der Waals surface area (Å²) >= 11 is 0. The molecular weight excluding hydrogens is 381 g/mol. The molecule has 0 aliphatic carbocycles. The zero-order valence-electron chi connectivity index (χ0n) is 12.0. The summed E-state index contributed by atoms with van der Waals surface area (Å²) in [5, 5.41) is 6.81. The zero-order valence-corrected chi connectivity index (χ0v) is 14.3. The standard InChI is InChI=1S/C14H19N5O.HI/c1-11-18-13(20-19-11)8-5-9-16-14(15)17-10-12-6-3-2-4-7-12;/h2-4,6-7H,5,8-10H2,1H3,(H3,15,16,17);1H. The van der Waals surface area contributed by atoms with E-state index < -0.39 is 0 Å². The van der Waals surface area contributed by atoms with Gasteiger partial charge in [-0.15, -0.1) is 24.0 Å². The number of aromatic nitrogens is 2. The molecule has 1 aromatic heterocycles. The van der Waals surface area contributed by atoms with Gasteiger partial charge < -0.3 is 15.6 Å².